The van der Waals surface area contributed by atoms with Gasteiger partial charge in [0.2, 0.25) is 0 Å². The highest BCUT2D eigenvalue weighted by Gasteiger charge is 2.12. The zero-order chi connectivity index (χ0) is 8.81. The molecule has 0 aromatic rings. The van der Waals surface area contributed by atoms with E-state index in [2.05, 4.69) is 24.2 Å². The van der Waals surface area contributed by atoms with Crippen molar-refractivity contribution in [1.82, 2.24) is 10.2 Å². The molecule has 2 nitrogen and oxygen atoms in total. The lowest BCUT2D eigenvalue weighted by Gasteiger charge is -2.21. The molecule has 1 aliphatic rings. The Morgan fingerprint density at radius 3 is 2.92 bits per heavy atom. The molecule has 1 heterocycles. The molecule has 0 amide bonds. The van der Waals surface area contributed by atoms with Gasteiger partial charge in [-0.3, -0.25) is 0 Å². The van der Waals surface area contributed by atoms with Crippen molar-refractivity contribution in [3.05, 3.63) is 0 Å². The van der Waals surface area contributed by atoms with E-state index in [1.165, 1.54) is 45.4 Å². The van der Waals surface area contributed by atoms with Gasteiger partial charge in [0, 0.05) is 6.54 Å². The Hall–Kier alpha value is -0.0800. The summed E-state index contributed by atoms with van der Waals surface area (Å²) in [6, 6.07) is 0. The number of nitrogens with zero attached hydrogens (tertiary/aromatic N) is 1. The van der Waals surface area contributed by atoms with Gasteiger partial charge in [-0.2, -0.15) is 0 Å². The molecule has 0 radical (unpaired) electrons. The minimum absolute atomic E-state index is 0.935. The first kappa shape index (κ1) is 10.0. The Labute approximate surface area is 76.3 Å². The molecule has 1 atom stereocenters. The molecule has 1 N–H and O–H groups in total. The second-order valence-corrected chi connectivity index (χ2v) is 3.90. The fourth-order valence-corrected chi connectivity index (χ4v) is 1.84. The summed E-state index contributed by atoms with van der Waals surface area (Å²) < 4.78 is 0. The van der Waals surface area contributed by atoms with E-state index in [1.807, 2.05) is 0 Å². The van der Waals surface area contributed by atoms with Crippen LogP contribution in [0.25, 0.3) is 0 Å². The van der Waals surface area contributed by atoms with Crippen LogP contribution < -0.4 is 5.32 Å². The molecular formula is C10H22N2. The molecule has 1 unspecified atom stereocenters. The lowest BCUT2D eigenvalue weighted by molar-refractivity contribution is 0.274. The van der Waals surface area contributed by atoms with Crippen molar-refractivity contribution in [2.45, 2.75) is 26.2 Å². The minimum Gasteiger partial charge on any atom is -0.317 e. The van der Waals surface area contributed by atoms with E-state index < -0.39 is 0 Å². The summed E-state index contributed by atoms with van der Waals surface area (Å²) in [6.45, 7) is 7.16. The van der Waals surface area contributed by atoms with Crippen molar-refractivity contribution in [2.24, 2.45) is 5.92 Å². The van der Waals surface area contributed by atoms with Gasteiger partial charge in [0.25, 0.3) is 0 Å². The number of hydrogen-bond donors (Lipinski definition) is 1. The van der Waals surface area contributed by atoms with Gasteiger partial charge < -0.3 is 10.2 Å². The van der Waals surface area contributed by atoms with E-state index in [-0.39, 0.29) is 0 Å². The van der Waals surface area contributed by atoms with Crippen LogP contribution >= 0.6 is 0 Å². The van der Waals surface area contributed by atoms with Crippen LogP contribution in [0.4, 0.5) is 0 Å². The first-order chi connectivity index (χ1) is 5.83. The maximum atomic E-state index is 3.45. The SMILES string of the molecule is CCN(C)CC1CCCNCC1. The Balaban J connectivity index is 2.20. The molecule has 1 saturated heterocycles. The van der Waals surface area contributed by atoms with Gasteiger partial charge in [0.15, 0.2) is 0 Å². The topological polar surface area (TPSA) is 15.3 Å². The molecule has 72 valence electrons. The smallest absolute Gasteiger partial charge is 0.000697 e. The normalized spacial score (nSPS) is 25.8. The predicted molar refractivity (Wildman–Crippen MR) is 53.4 cm³/mol. The summed E-state index contributed by atoms with van der Waals surface area (Å²) in [5, 5.41) is 3.45. The third-order valence-corrected chi connectivity index (χ3v) is 2.80. The van der Waals surface area contributed by atoms with Crippen molar-refractivity contribution in [2.75, 3.05) is 33.2 Å². The standard InChI is InChI=1S/C10H22N2/c1-3-12(2)9-10-5-4-7-11-8-6-10/h10-11H,3-9H2,1-2H3. The molecule has 1 fully saturated rings. The quantitative estimate of drug-likeness (QED) is 0.687. The van der Waals surface area contributed by atoms with Gasteiger partial charge in [0.05, 0.1) is 0 Å². The van der Waals surface area contributed by atoms with Gasteiger partial charge in [0.1, 0.15) is 0 Å². The second kappa shape index (κ2) is 5.55. The molecule has 0 aromatic carbocycles. The molecule has 0 bridgehead atoms. The highest BCUT2D eigenvalue weighted by atomic mass is 15.1. The van der Waals surface area contributed by atoms with Crippen molar-refractivity contribution in [1.29, 1.82) is 0 Å². The summed E-state index contributed by atoms with van der Waals surface area (Å²) in [6.07, 6.45) is 4.14. The Morgan fingerprint density at radius 1 is 1.33 bits per heavy atom. The molecule has 1 aliphatic heterocycles. The van der Waals surface area contributed by atoms with Gasteiger partial charge in [-0.1, -0.05) is 6.92 Å². The molecular weight excluding hydrogens is 148 g/mol. The highest BCUT2D eigenvalue weighted by molar-refractivity contribution is 4.69. The number of rotatable bonds is 3. The van der Waals surface area contributed by atoms with Crippen LogP contribution in [-0.2, 0) is 0 Å². The zero-order valence-corrected chi connectivity index (χ0v) is 8.47. The summed E-state index contributed by atoms with van der Waals surface area (Å²) in [7, 11) is 2.22. The molecule has 0 saturated carbocycles. The van der Waals surface area contributed by atoms with Crippen LogP contribution in [0.1, 0.15) is 26.2 Å². The maximum absolute atomic E-state index is 3.45. The average Bonchev–Trinajstić information content (AvgIpc) is 2.33. The number of hydrogen-bond acceptors (Lipinski definition) is 2. The van der Waals surface area contributed by atoms with Crippen molar-refractivity contribution < 1.29 is 0 Å². The first-order valence-corrected chi connectivity index (χ1v) is 5.22. The van der Waals surface area contributed by atoms with Gasteiger partial charge in [-0.15, -0.1) is 0 Å². The highest BCUT2D eigenvalue weighted by Crippen LogP contribution is 2.14. The molecule has 12 heavy (non-hydrogen) atoms. The lowest BCUT2D eigenvalue weighted by atomic mass is 10.0. The summed E-state index contributed by atoms with van der Waals surface area (Å²) >= 11 is 0. The third-order valence-electron chi connectivity index (χ3n) is 2.80. The van der Waals surface area contributed by atoms with Crippen molar-refractivity contribution >= 4 is 0 Å². The van der Waals surface area contributed by atoms with E-state index in [0.717, 1.165) is 5.92 Å². The Bertz CT molecular complexity index is 106. The summed E-state index contributed by atoms with van der Waals surface area (Å²) in [5.41, 5.74) is 0. The van der Waals surface area contributed by atoms with Crippen LogP contribution in [0, 0.1) is 5.92 Å². The van der Waals surface area contributed by atoms with Gasteiger partial charge in [-0.25, -0.2) is 0 Å². The van der Waals surface area contributed by atoms with Crippen LogP contribution in [0.5, 0.6) is 0 Å². The minimum atomic E-state index is 0.935. The zero-order valence-electron chi connectivity index (χ0n) is 8.47. The molecule has 2 heteroatoms. The molecule has 0 spiro atoms. The molecule has 1 rings (SSSR count). The van der Waals surface area contributed by atoms with Gasteiger partial charge >= 0.3 is 0 Å². The number of nitrogens with one attached hydrogen (secondary N) is 1. The van der Waals surface area contributed by atoms with Crippen LogP contribution in [-0.4, -0.2) is 38.1 Å². The molecule has 0 aliphatic carbocycles. The van der Waals surface area contributed by atoms with E-state index in [0.29, 0.717) is 0 Å². The Kier molecular flexibility index (Phi) is 4.62. The summed E-state index contributed by atoms with van der Waals surface area (Å²) in [4.78, 5) is 2.43. The predicted octanol–water partition coefficient (Wildman–Crippen LogP) is 1.33. The van der Waals surface area contributed by atoms with E-state index in [4.69, 9.17) is 0 Å². The van der Waals surface area contributed by atoms with Crippen LogP contribution in [0.15, 0.2) is 0 Å². The molecule has 0 aromatic heterocycles. The van der Waals surface area contributed by atoms with Crippen LogP contribution in [0.2, 0.25) is 0 Å². The van der Waals surface area contributed by atoms with Crippen molar-refractivity contribution in [3.8, 4) is 0 Å². The van der Waals surface area contributed by atoms with Crippen LogP contribution in [0.3, 0.4) is 0 Å². The Morgan fingerprint density at radius 2 is 2.17 bits per heavy atom. The fourth-order valence-electron chi connectivity index (χ4n) is 1.84. The van der Waals surface area contributed by atoms with E-state index in [9.17, 15) is 0 Å². The first-order valence-electron chi connectivity index (χ1n) is 5.22. The average molecular weight is 170 g/mol. The third kappa shape index (κ3) is 3.55. The largest absolute Gasteiger partial charge is 0.317 e. The van der Waals surface area contributed by atoms with Gasteiger partial charge in [-0.05, 0) is 51.9 Å². The monoisotopic (exact) mass is 170 g/mol. The lowest BCUT2D eigenvalue weighted by Crippen LogP contribution is -2.26. The second-order valence-electron chi connectivity index (χ2n) is 3.90. The van der Waals surface area contributed by atoms with E-state index in [1.54, 1.807) is 0 Å². The summed E-state index contributed by atoms with van der Waals surface area (Å²) in [5.74, 6) is 0.935. The van der Waals surface area contributed by atoms with E-state index >= 15 is 0 Å². The maximum Gasteiger partial charge on any atom is 0.000697 e. The van der Waals surface area contributed by atoms with Crippen molar-refractivity contribution in [3.63, 3.8) is 0 Å². The fraction of sp³-hybridized carbons (Fsp3) is 1.00.